The number of carbonyl (C=O) groups excluding carboxylic acids is 1. The van der Waals surface area contributed by atoms with E-state index >= 15 is 0 Å². The predicted octanol–water partition coefficient (Wildman–Crippen LogP) is 6.96. The van der Waals surface area contributed by atoms with Crippen molar-refractivity contribution in [1.29, 1.82) is 0 Å². The van der Waals surface area contributed by atoms with Gasteiger partial charge in [0.25, 0.3) is 0 Å². The van der Waals surface area contributed by atoms with Crippen LogP contribution in [0.4, 0.5) is 0 Å². The second-order valence-electron chi connectivity index (χ2n) is 9.03. The maximum Gasteiger partial charge on any atom is 0.338 e. The summed E-state index contributed by atoms with van der Waals surface area (Å²) in [4.78, 5) is 14.3. The molecule has 3 nitrogen and oxygen atoms in total. The zero-order valence-corrected chi connectivity index (χ0v) is 20.2. The normalized spacial score (nSPS) is 15.6. The van der Waals surface area contributed by atoms with Crippen LogP contribution in [0.5, 0.6) is 0 Å². The van der Waals surface area contributed by atoms with Gasteiger partial charge in [0, 0.05) is 19.6 Å². The van der Waals surface area contributed by atoms with Crippen LogP contribution in [-0.2, 0) is 4.74 Å². The van der Waals surface area contributed by atoms with Gasteiger partial charge in [-0.2, -0.15) is 0 Å². The molecule has 0 atom stereocenters. The van der Waals surface area contributed by atoms with Gasteiger partial charge >= 0.3 is 5.97 Å². The van der Waals surface area contributed by atoms with Crippen LogP contribution in [0.1, 0.15) is 57.9 Å². The first-order valence-electron chi connectivity index (χ1n) is 12.5. The third-order valence-electron chi connectivity index (χ3n) is 6.81. The van der Waals surface area contributed by atoms with Gasteiger partial charge < -0.3 is 4.74 Å². The Balaban J connectivity index is 1.27. The van der Waals surface area contributed by atoms with E-state index < -0.39 is 0 Å². The highest BCUT2D eigenvalue weighted by atomic mass is 16.5. The number of fused-ring (bicyclic) bond motifs is 2. The molecule has 0 spiro atoms. The number of rotatable bonds is 5. The maximum atomic E-state index is 11.8. The van der Waals surface area contributed by atoms with Crippen LogP contribution < -0.4 is 0 Å². The lowest BCUT2D eigenvalue weighted by Crippen LogP contribution is -2.31. The number of hydrogen-bond acceptors (Lipinski definition) is 3. The fourth-order valence-corrected chi connectivity index (χ4v) is 4.98. The van der Waals surface area contributed by atoms with Crippen LogP contribution in [0.15, 0.2) is 84.4 Å². The molecule has 1 aliphatic carbocycles. The minimum absolute atomic E-state index is 0.268. The molecule has 0 amide bonds. The minimum Gasteiger partial charge on any atom is -0.462 e. The van der Waals surface area contributed by atoms with Gasteiger partial charge in [0.2, 0.25) is 0 Å². The second-order valence-corrected chi connectivity index (χ2v) is 9.03. The Kier molecular flexibility index (Phi) is 7.06. The summed E-state index contributed by atoms with van der Waals surface area (Å²) in [5, 5.41) is 0. The molecular weight excluding hydrogens is 430 g/mol. The number of likely N-dealkylation sites (tertiary alicyclic amines) is 1. The number of nitrogens with zero attached hydrogens (tertiary/aromatic N) is 1. The largest absolute Gasteiger partial charge is 0.462 e. The molecular formula is C32H31NO2. The zero-order chi connectivity index (χ0) is 24.0. The van der Waals surface area contributed by atoms with E-state index in [-0.39, 0.29) is 5.97 Å². The van der Waals surface area contributed by atoms with Crippen LogP contribution in [0.3, 0.4) is 0 Å². The molecule has 35 heavy (non-hydrogen) atoms. The van der Waals surface area contributed by atoms with Crippen LogP contribution >= 0.6 is 0 Å². The lowest BCUT2D eigenvalue weighted by Gasteiger charge is -2.29. The molecule has 2 aliphatic rings. The molecule has 176 valence electrons. The highest BCUT2D eigenvalue weighted by Crippen LogP contribution is 2.38. The molecule has 1 aliphatic heterocycles. The van der Waals surface area contributed by atoms with E-state index in [2.05, 4.69) is 77.7 Å². The van der Waals surface area contributed by atoms with Crippen molar-refractivity contribution in [3.8, 4) is 0 Å². The Morgan fingerprint density at radius 1 is 0.857 bits per heavy atom. The molecule has 0 radical (unpaired) electrons. The molecule has 0 N–H and O–H groups in total. The van der Waals surface area contributed by atoms with Crippen LogP contribution in [0.25, 0.3) is 23.8 Å². The molecule has 0 aromatic heterocycles. The third kappa shape index (κ3) is 5.21. The Labute approximate surface area is 208 Å². The van der Waals surface area contributed by atoms with E-state index in [1.54, 1.807) is 5.57 Å². The lowest BCUT2D eigenvalue weighted by molar-refractivity contribution is 0.0526. The highest BCUT2D eigenvalue weighted by molar-refractivity contribution is 5.95. The smallest absolute Gasteiger partial charge is 0.338 e. The van der Waals surface area contributed by atoms with Crippen molar-refractivity contribution in [2.45, 2.75) is 19.8 Å². The summed E-state index contributed by atoms with van der Waals surface area (Å²) in [5.74, 6) is -0.268. The number of ether oxygens (including phenoxy) is 1. The lowest BCUT2D eigenvalue weighted by atomic mass is 9.86. The van der Waals surface area contributed by atoms with Gasteiger partial charge in [0.1, 0.15) is 0 Å². The molecule has 1 heterocycles. The molecule has 0 bridgehead atoms. The van der Waals surface area contributed by atoms with Crippen molar-refractivity contribution in [3.05, 3.63) is 118 Å². The average molecular weight is 462 g/mol. The predicted molar refractivity (Wildman–Crippen MR) is 145 cm³/mol. The summed E-state index contributed by atoms with van der Waals surface area (Å²) in [6, 6.07) is 25.1. The van der Waals surface area contributed by atoms with E-state index in [0.717, 1.165) is 38.0 Å². The summed E-state index contributed by atoms with van der Waals surface area (Å²) >= 11 is 0. The first-order chi connectivity index (χ1) is 17.2. The number of esters is 1. The Bertz CT molecular complexity index is 1240. The number of carbonyl (C=O) groups is 1. The van der Waals surface area contributed by atoms with Crippen LogP contribution in [0.2, 0.25) is 0 Å². The summed E-state index contributed by atoms with van der Waals surface area (Å²) in [7, 11) is 0. The molecule has 5 rings (SSSR count). The molecule has 0 saturated carbocycles. The molecule has 3 heteroatoms. The van der Waals surface area contributed by atoms with E-state index in [4.69, 9.17) is 4.74 Å². The molecule has 0 unspecified atom stereocenters. The Morgan fingerprint density at radius 2 is 1.46 bits per heavy atom. The summed E-state index contributed by atoms with van der Waals surface area (Å²) < 4.78 is 5.06. The van der Waals surface area contributed by atoms with Crippen molar-refractivity contribution in [2.75, 3.05) is 26.2 Å². The van der Waals surface area contributed by atoms with Crippen molar-refractivity contribution < 1.29 is 9.53 Å². The fraction of sp³-hybridized carbons (Fsp3) is 0.219. The summed E-state index contributed by atoms with van der Waals surface area (Å²) in [6.07, 6.45) is 11.0. The van der Waals surface area contributed by atoms with Crippen LogP contribution in [0, 0.1) is 0 Å². The first-order valence-corrected chi connectivity index (χ1v) is 12.5. The topological polar surface area (TPSA) is 29.5 Å². The number of benzene rings is 3. The van der Waals surface area contributed by atoms with Gasteiger partial charge in [-0.05, 0) is 65.3 Å². The van der Waals surface area contributed by atoms with Crippen molar-refractivity contribution in [2.24, 2.45) is 0 Å². The van der Waals surface area contributed by atoms with E-state index in [0.29, 0.717) is 12.2 Å². The summed E-state index contributed by atoms with van der Waals surface area (Å²) in [5.41, 5.74) is 9.97. The van der Waals surface area contributed by atoms with Gasteiger partial charge in [-0.15, -0.1) is 0 Å². The fourth-order valence-electron chi connectivity index (χ4n) is 4.98. The van der Waals surface area contributed by atoms with E-state index in [9.17, 15) is 4.79 Å². The highest BCUT2D eigenvalue weighted by Gasteiger charge is 2.22. The number of piperidine rings is 1. The molecule has 3 aromatic carbocycles. The van der Waals surface area contributed by atoms with Crippen LogP contribution in [-0.4, -0.2) is 37.1 Å². The number of hydrogen-bond donors (Lipinski definition) is 0. The van der Waals surface area contributed by atoms with Crippen molar-refractivity contribution in [1.82, 2.24) is 4.90 Å². The quantitative estimate of drug-likeness (QED) is 0.301. The van der Waals surface area contributed by atoms with Gasteiger partial charge in [-0.25, -0.2) is 4.79 Å². The minimum atomic E-state index is -0.268. The molecule has 1 saturated heterocycles. The second kappa shape index (κ2) is 10.7. The standard InChI is InChI=1S/C32H31NO2/c1-2-35-32(34)28-15-13-24(14-16-28)8-7-21-33-22-19-27(20-23-33)31-29-11-5-3-9-25(29)17-18-26-10-4-6-12-30(26)31/h3-18H,2,19-23H2,1H3. The zero-order valence-electron chi connectivity index (χ0n) is 20.2. The monoisotopic (exact) mass is 461 g/mol. The van der Waals surface area contributed by atoms with Crippen molar-refractivity contribution in [3.63, 3.8) is 0 Å². The van der Waals surface area contributed by atoms with E-state index in [1.807, 2.05) is 31.2 Å². The SMILES string of the molecule is CCOC(=O)c1ccc(C=CCN2CCC(=C3c4ccccc4C=Cc4ccccc43)CC2)cc1. The van der Waals surface area contributed by atoms with Gasteiger partial charge in [0.15, 0.2) is 0 Å². The summed E-state index contributed by atoms with van der Waals surface area (Å²) in [6.45, 7) is 5.26. The Hall–Kier alpha value is -3.69. The molecule has 3 aromatic rings. The van der Waals surface area contributed by atoms with Crippen molar-refractivity contribution >= 4 is 29.8 Å². The maximum absolute atomic E-state index is 11.8. The van der Waals surface area contributed by atoms with Gasteiger partial charge in [-0.3, -0.25) is 4.90 Å². The third-order valence-corrected chi connectivity index (χ3v) is 6.81. The average Bonchev–Trinajstić information content (AvgIpc) is 3.07. The van der Waals surface area contributed by atoms with Gasteiger partial charge in [-0.1, -0.05) is 90.5 Å². The van der Waals surface area contributed by atoms with Gasteiger partial charge in [0.05, 0.1) is 12.2 Å². The Morgan fingerprint density at radius 3 is 2.06 bits per heavy atom. The first kappa shape index (κ1) is 23.1. The molecule has 1 fully saturated rings. The van der Waals surface area contributed by atoms with E-state index in [1.165, 1.54) is 27.8 Å².